The molecule has 1 aromatic rings. The summed E-state index contributed by atoms with van der Waals surface area (Å²) in [6.45, 7) is 6.37. The topological polar surface area (TPSA) is 46.2 Å². The first kappa shape index (κ1) is 15.5. The van der Waals surface area contributed by atoms with Gasteiger partial charge in [0.15, 0.2) is 0 Å². The highest BCUT2D eigenvalue weighted by Crippen LogP contribution is 2.24. The van der Waals surface area contributed by atoms with Crippen LogP contribution in [0.25, 0.3) is 0 Å². The minimum absolute atomic E-state index is 0.0408. The van der Waals surface area contributed by atoms with Crippen LogP contribution in [0, 0.1) is 0 Å². The molecule has 1 aromatic carbocycles. The number of hydrogen-bond acceptors (Lipinski definition) is 2. The first-order valence-corrected chi connectivity index (χ1v) is 8.90. The predicted molar refractivity (Wildman–Crippen MR) is 82.3 cm³/mol. The molecule has 1 saturated carbocycles. The van der Waals surface area contributed by atoms with Gasteiger partial charge < -0.3 is 0 Å². The van der Waals surface area contributed by atoms with Crippen molar-refractivity contribution in [2.45, 2.75) is 69.2 Å². The average molecular weight is 295 g/mol. The molecule has 4 heteroatoms. The standard InChI is InChI=1S/C16H25NO2S/c1-16(2,3)13-9-11-15(12-10-13)20(18,19)17-14-7-5-4-6-8-14/h9-12,14,17H,4-8H2,1-3H3. The van der Waals surface area contributed by atoms with E-state index < -0.39 is 10.0 Å². The first-order chi connectivity index (χ1) is 9.29. The fourth-order valence-corrected chi connectivity index (χ4v) is 3.95. The van der Waals surface area contributed by atoms with Crippen molar-refractivity contribution >= 4 is 10.0 Å². The monoisotopic (exact) mass is 295 g/mol. The molecule has 1 N–H and O–H groups in total. The number of sulfonamides is 1. The van der Waals surface area contributed by atoms with Crippen LogP contribution < -0.4 is 4.72 Å². The average Bonchev–Trinajstić information content (AvgIpc) is 2.38. The molecule has 0 saturated heterocycles. The van der Waals surface area contributed by atoms with Crippen LogP contribution in [0.15, 0.2) is 29.2 Å². The van der Waals surface area contributed by atoms with Crippen LogP contribution in [0.5, 0.6) is 0 Å². The Morgan fingerprint density at radius 1 is 1.00 bits per heavy atom. The number of hydrogen-bond donors (Lipinski definition) is 1. The summed E-state index contributed by atoms with van der Waals surface area (Å²) in [5, 5.41) is 0. The predicted octanol–water partition coefficient (Wildman–Crippen LogP) is 3.60. The molecule has 112 valence electrons. The molecule has 0 aliphatic heterocycles. The quantitative estimate of drug-likeness (QED) is 0.926. The zero-order valence-electron chi connectivity index (χ0n) is 12.6. The molecule has 0 radical (unpaired) electrons. The van der Waals surface area contributed by atoms with Gasteiger partial charge in [0.2, 0.25) is 10.0 Å². The van der Waals surface area contributed by atoms with Gasteiger partial charge in [-0.05, 0) is 36.0 Å². The van der Waals surface area contributed by atoms with Gasteiger partial charge in [0.1, 0.15) is 0 Å². The highest BCUT2D eigenvalue weighted by Gasteiger charge is 2.22. The Labute approximate surface area is 122 Å². The summed E-state index contributed by atoms with van der Waals surface area (Å²) in [4.78, 5) is 0.371. The first-order valence-electron chi connectivity index (χ1n) is 7.42. The summed E-state index contributed by atoms with van der Waals surface area (Å²) in [5.41, 5.74) is 1.19. The highest BCUT2D eigenvalue weighted by atomic mass is 32.2. The molecule has 0 unspecified atom stereocenters. The summed E-state index contributed by atoms with van der Waals surface area (Å²) in [5.74, 6) is 0. The molecule has 1 fully saturated rings. The van der Waals surface area contributed by atoms with Crippen molar-refractivity contribution in [3.8, 4) is 0 Å². The van der Waals surface area contributed by atoms with Gasteiger partial charge in [-0.1, -0.05) is 52.2 Å². The van der Waals surface area contributed by atoms with Gasteiger partial charge in [0.05, 0.1) is 4.90 Å². The molecule has 3 nitrogen and oxygen atoms in total. The second kappa shape index (κ2) is 5.86. The molecule has 0 heterocycles. The van der Waals surface area contributed by atoms with Gasteiger partial charge in [-0.2, -0.15) is 0 Å². The molecule has 0 aromatic heterocycles. The third kappa shape index (κ3) is 3.83. The largest absolute Gasteiger partial charge is 0.240 e. The molecule has 0 amide bonds. The third-order valence-corrected chi connectivity index (χ3v) is 5.49. The molecule has 0 spiro atoms. The minimum Gasteiger partial charge on any atom is -0.208 e. The van der Waals surface area contributed by atoms with Crippen LogP contribution in [-0.4, -0.2) is 14.5 Å². The molecular formula is C16H25NO2S. The van der Waals surface area contributed by atoms with Crippen molar-refractivity contribution in [2.24, 2.45) is 0 Å². The number of rotatable bonds is 3. The molecule has 0 bridgehead atoms. The van der Waals surface area contributed by atoms with E-state index in [1.807, 2.05) is 12.1 Å². The minimum atomic E-state index is -3.37. The Kier molecular flexibility index (Phi) is 4.55. The number of benzene rings is 1. The lowest BCUT2D eigenvalue weighted by molar-refractivity contribution is 0.412. The normalized spacial score (nSPS) is 18.1. The van der Waals surface area contributed by atoms with E-state index in [1.54, 1.807) is 12.1 Å². The fourth-order valence-electron chi connectivity index (χ4n) is 2.64. The zero-order valence-corrected chi connectivity index (χ0v) is 13.5. The van der Waals surface area contributed by atoms with Gasteiger partial charge in [0, 0.05) is 6.04 Å². The van der Waals surface area contributed by atoms with Crippen LogP contribution in [0.3, 0.4) is 0 Å². The van der Waals surface area contributed by atoms with Crippen LogP contribution >= 0.6 is 0 Å². The van der Waals surface area contributed by atoms with Crippen molar-refractivity contribution in [3.05, 3.63) is 29.8 Å². The fraction of sp³-hybridized carbons (Fsp3) is 0.625. The lowest BCUT2D eigenvalue weighted by atomic mass is 9.87. The Morgan fingerprint density at radius 2 is 1.55 bits per heavy atom. The van der Waals surface area contributed by atoms with Crippen molar-refractivity contribution in [1.82, 2.24) is 4.72 Å². The maximum Gasteiger partial charge on any atom is 0.240 e. The smallest absolute Gasteiger partial charge is 0.208 e. The molecule has 1 aliphatic carbocycles. The molecule has 2 rings (SSSR count). The summed E-state index contributed by atoms with van der Waals surface area (Å²) in [6.07, 6.45) is 5.38. The van der Waals surface area contributed by atoms with Crippen LogP contribution in [0.2, 0.25) is 0 Å². The Balaban J connectivity index is 2.13. The summed E-state index contributed by atoms with van der Waals surface area (Å²) < 4.78 is 27.5. The Hall–Kier alpha value is -0.870. The zero-order chi connectivity index (χ0) is 14.8. The van der Waals surface area contributed by atoms with Crippen LogP contribution in [0.4, 0.5) is 0 Å². The van der Waals surface area contributed by atoms with E-state index in [0.29, 0.717) is 4.90 Å². The van der Waals surface area contributed by atoms with Gasteiger partial charge in [-0.3, -0.25) is 0 Å². The summed E-state index contributed by atoms with van der Waals surface area (Å²) >= 11 is 0. The molecule has 1 aliphatic rings. The van der Waals surface area contributed by atoms with Crippen molar-refractivity contribution < 1.29 is 8.42 Å². The van der Waals surface area contributed by atoms with E-state index in [4.69, 9.17) is 0 Å². The van der Waals surface area contributed by atoms with Crippen LogP contribution in [-0.2, 0) is 15.4 Å². The molecular weight excluding hydrogens is 270 g/mol. The maximum absolute atomic E-state index is 12.4. The van der Waals surface area contributed by atoms with Crippen molar-refractivity contribution in [3.63, 3.8) is 0 Å². The van der Waals surface area contributed by atoms with Gasteiger partial charge >= 0.3 is 0 Å². The second-order valence-electron chi connectivity index (χ2n) is 6.73. The van der Waals surface area contributed by atoms with Crippen LogP contribution in [0.1, 0.15) is 58.4 Å². The van der Waals surface area contributed by atoms with Gasteiger partial charge in [-0.25, -0.2) is 13.1 Å². The van der Waals surface area contributed by atoms with Gasteiger partial charge in [-0.15, -0.1) is 0 Å². The van der Waals surface area contributed by atoms with E-state index in [0.717, 1.165) is 31.2 Å². The van der Waals surface area contributed by atoms with E-state index in [9.17, 15) is 8.42 Å². The van der Waals surface area contributed by atoms with E-state index in [2.05, 4.69) is 25.5 Å². The van der Waals surface area contributed by atoms with Gasteiger partial charge in [0.25, 0.3) is 0 Å². The van der Waals surface area contributed by atoms with E-state index >= 15 is 0 Å². The highest BCUT2D eigenvalue weighted by molar-refractivity contribution is 7.89. The van der Waals surface area contributed by atoms with E-state index in [1.165, 1.54) is 6.42 Å². The summed E-state index contributed by atoms with van der Waals surface area (Å²) in [7, 11) is -3.37. The Bertz CT molecular complexity index is 535. The summed E-state index contributed by atoms with van der Waals surface area (Å²) in [6, 6.07) is 7.36. The van der Waals surface area contributed by atoms with Crippen molar-refractivity contribution in [2.75, 3.05) is 0 Å². The lowest BCUT2D eigenvalue weighted by Crippen LogP contribution is -2.36. The SMILES string of the molecule is CC(C)(C)c1ccc(S(=O)(=O)NC2CCCCC2)cc1. The number of nitrogens with one attached hydrogen (secondary N) is 1. The third-order valence-electron chi connectivity index (χ3n) is 3.96. The molecule has 0 atom stereocenters. The van der Waals surface area contributed by atoms with Crippen molar-refractivity contribution in [1.29, 1.82) is 0 Å². The molecule has 20 heavy (non-hydrogen) atoms. The van der Waals surface area contributed by atoms with E-state index in [-0.39, 0.29) is 11.5 Å². The Morgan fingerprint density at radius 3 is 2.05 bits per heavy atom. The lowest BCUT2D eigenvalue weighted by Gasteiger charge is -2.23. The maximum atomic E-state index is 12.4. The second-order valence-corrected chi connectivity index (χ2v) is 8.44.